The Labute approximate surface area is 70.5 Å². The molecule has 0 bridgehead atoms. The maximum atomic E-state index is 11.2. The molecule has 1 saturated heterocycles. The highest BCUT2D eigenvalue weighted by Crippen LogP contribution is 2.17. The van der Waals surface area contributed by atoms with Crippen molar-refractivity contribution in [3.63, 3.8) is 0 Å². The van der Waals surface area contributed by atoms with E-state index in [-0.39, 0.29) is 18.8 Å². The van der Waals surface area contributed by atoms with Crippen LogP contribution < -0.4 is 0 Å². The van der Waals surface area contributed by atoms with Gasteiger partial charge in [-0.05, 0) is 6.42 Å². The summed E-state index contributed by atoms with van der Waals surface area (Å²) in [5, 5.41) is 8.46. The summed E-state index contributed by atoms with van der Waals surface area (Å²) >= 11 is 0. The van der Waals surface area contributed by atoms with E-state index in [1.165, 1.54) is 0 Å². The number of ether oxygens (including phenoxy) is 1. The third-order valence-electron chi connectivity index (χ3n) is 1.91. The van der Waals surface area contributed by atoms with Gasteiger partial charge in [0.15, 0.2) is 0 Å². The minimum Gasteiger partial charge on any atom is -0.465 e. The molecule has 0 spiro atoms. The van der Waals surface area contributed by atoms with Crippen molar-refractivity contribution in [2.24, 2.45) is 5.92 Å². The summed E-state index contributed by atoms with van der Waals surface area (Å²) in [7, 11) is 0. The molecule has 0 saturated carbocycles. The van der Waals surface area contributed by atoms with E-state index in [0.717, 1.165) is 0 Å². The van der Waals surface area contributed by atoms with Crippen LogP contribution in [0.4, 0.5) is 0 Å². The molecule has 4 heteroatoms. The number of aliphatic hydroxyl groups excluding tert-OH is 1. The van der Waals surface area contributed by atoms with Gasteiger partial charge in [0.2, 0.25) is 0 Å². The highest BCUT2D eigenvalue weighted by molar-refractivity contribution is 5.99. The minimum atomic E-state index is -0.559. The summed E-state index contributed by atoms with van der Waals surface area (Å²) in [6.07, 6.45) is 1.21. The van der Waals surface area contributed by atoms with Crippen LogP contribution in [0.3, 0.4) is 0 Å². The number of cyclic esters (lactones) is 1. The average molecular weight is 172 g/mol. The maximum Gasteiger partial charge on any atom is 0.316 e. The molecule has 1 fully saturated rings. The highest BCUT2D eigenvalue weighted by atomic mass is 16.5. The topological polar surface area (TPSA) is 63.6 Å². The first kappa shape index (κ1) is 9.19. The lowest BCUT2D eigenvalue weighted by molar-refractivity contribution is -0.144. The molecule has 1 N–H and O–H groups in total. The summed E-state index contributed by atoms with van der Waals surface area (Å²) < 4.78 is 4.64. The molecule has 1 unspecified atom stereocenters. The summed E-state index contributed by atoms with van der Waals surface area (Å²) in [6, 6.07) is 0. The van der Waals surface area contributed by atoms with Crippen molar-refractivity contribution >= 4 is 11.8 Å². The Kier molecular flexibility index (Phi) is 3.22. The summed E-state index contributed by atoms with van der Waals surface area (Å²) in [6.45, 7) is 0.349. The van der Waals surface area contributed by atoms with Crippen molar-refractivity contribution in [1.29, 1.82) is 0 Å². The number of hydrogen-bond acceptors (Lipinski definition) is 4. The Morgan fingerprint density at radius 1 is 1.67 bits per heavy atom. The van der Waals surface area contributed by atoms with Gasteiger partial charge >= 0.3 is 5.97 Å². The fraction of sp³-hybridized carbons (Fsp3) is 0.750. The van der Waals surface area contributed by atoms with E-state index in [0.29, 0.717) is 19.4 Å². The van der Waals surface area contributed by atoms with Gasteiger partial charge < -0.3 is 9.84 Å². The fourth-order valence-corrected chi connectivity index (χ4v) is 1.22. The van der Waals surface area contributed by atoms with Gasteiger partial charge in [-0.15, -0.1) is 0 Å². The zero-order valence-electron chi connectivity index (χ0n) is 6.78. The predicted molar refractivity (Wildman–Crippen MR) is 40.4 cm³/mol. The van der Waals surface area contributed by atoms with Gasteiger partial charge in [0.25, 0.3) is 0 Å². The number of esters is 1. The molecule has 0 radical (unpaired) electrons. The van der Waals surface area contributed by atoms with Gasteiger partial charge in [0.05, 0.1) is 6.61 Å². The second-order valence-electron chi connectivity index (χ2n) is 2.80. The molecular weight excluding hydrogens is 160 g/mol. The normalized spacial score (nSPS) is 22.4. The SMILES string of the molecule is O=C(CCCO)C1CCOC1=O. The second-order valence-corrected chi connectivity index (χ2v) is 2.80. The Bertz CT molecular complexity index is 187. The lowest BCUT2D eigenvalue weighted by Crippen LogP contribution is -2.19. The molecule has 68 valence electrons. The van der Waals surface area contributed by atoms with Crippen LogP contribution in [0, 0.1) is 5.92 Å². The van der Waals surface area contributed by atoms with Crippen LogP contribution in [0.2, 0.25) is 0 Å². The van der Waals surface area contributed by atoms with Gasteiger partial charge in [-0.25, -0.2) is 0 Å². The largest absolute Gasteiger partial charge is 0.465 e. The smallest absolute Gasteiger partial charge is 0.316 e. The van der Waals surface area contributed by atoms with Gasteiger partial charge in [-0.2, -0.15) is 0 Å². The van der Waals surface area contributed by atoms with Gasteiger partial charge in [0.1, 0.15) is 11.7 Å². The number of hydrogen-bond donors (Lipinski definition) is 1. The predicted octanol–water partition coefficient (Wildman–Crippen LogP) is -0.109. The van der Waals surface area contributed by atoms with E-state index in [2.05, 4.69) is 4.74 Å². The second kappa shape index (κ2) is 4.21. The van der Waals surface area contributed by atoms with Crippen molar-refractivity contribution in [2.75, 3.05) is 13.2 Å². The van der Waals surface area contributed by atoms with Crippen LogP contribution in [-0.4, -0.2) is 30.1 Å². The Hall–Kier alpha value is -0.900. The van der Waals surface area contributed by atoms with Crippen molar-refractivity contribution in [3.8, 4) is 0 Å². The molecule has 0 aromatic carbocycles. The van der Waals surface area contributed by atoms with E-state index < -0.39 is 11.9 Å². The van der Waals surface area contributed by atoms with Crippen LogP contribution in [-0.2, 0) is 14.3 Å². The van der Waals surface area contributed by atoms with Crippen molar-refractivity contribution in [3.05, 3.63) is 0 Å². The Balaban J connectivity index is 2.36. The van der Waals surface area contributed by atoms with Gasteiger partial charge in [0, 0.05) is 19.4 Å². The maximum absolute atomic E-state index is 11.2. The van der Waals surface area contributed by atoms with Crippen molar-refractivity contribution in [2.45, 2.75) is 19.3 Å². The summed E-state index contributed by atoms with van der Waals surface area (Å²) in [4.78, 5) is 22.1. The molecular formula is C8H12O4. The molecule has 1 aliphatic heterocycles. The quantitative estimate of drug-likeness (QED) is 0.474. The molecule has 0 aliphatic carbocycles. The first-order valence-electron chi connectivity index (χ1n) is 4.06. The number of Topliss-reactive ketones (excluding diaryl/α,β-unsaturated/α-hetero) is 1. The fourth-order valence-electron chi connectivity index (χ4n) is 1.22. The molecule has 4 nitrogen and oxygen atoms in total. The molecule has 1 aliphatic rings. The van der Waals surface area contributed by atoms with E-state index in [1.807, 2.05) is 0 Å². The molecule has 12 heavy (non-hydrogen) atoms. The number of aliphatic hydroxyl groups is 1. The van der Waals surface area contributed by atoms with E-state index in [1.54, 1.807) is 0 Å². The van der Waals surface area contributed by atoms with Gasteiger partial charge in [-0.3, -0.25) is 9.59 Å². The van der Waals surface area contributed by atoms with Crippen LogP contribution in [0.25, 0.3) is 0 Å². The Morgan fingerprint density at radius 3 is 2.92 bits per heavy atom. The van der Waals surface area contributed by atoms with E-state index in [4.69, 9.17) is 5.11 Å². The number of rotatable bonds is 4. The molecule has 1 heterocycles. The minimum absolute atomic E-state index is 0.00644. The summed E-state index contributed by atoms with van der Waals surface area (Å²) in [5.41, 5.74) is 0. The van der Waals surface area contributed by atoms with Crippen LogP contribution in [0.1, 0.15) is 19.3 Å². The number of carbonyl (C=O) groups is 2. The zero-order valence-corrected chi connectivity index (χ0v) is 6.78. The van der Waals surface area contributed by atoms with Crippen molar-refractivity contribution in [1.82, 2.24) is 0 Å². The highest BCUT2D eigenvalue weighted by Gasteiger charge is 2.32. The van der Waals surface area contributed by atoms with Crippen LogP contribution in [0.15, 0.2) is 0 Å². The Morgan fingerprint density at radius 2 is 2.42 bits per heavy atom. The molecule has 1 rings (SSSR count). The third kappa shape index (κ3) is 2.04. The molecule has 1 atom stereocenters. The van der Waals surface area contributed by atoms with Crippen LogP contribution >= 0.6 is 0 Å². The first-order chi connectivity index (χ1) is 5.75. The van der Waals surface area contributed by atoms with Crippen molar-refractivity contribution < 1.29 is 19.4 Å². The average Bonchev–Trinajstić information content (AvgIpc) is 2.47. The lowest BCUT2D eigenvalue weighted by Gasteiger charge is -2.02. The third-order valence-corrected chi connectivity index (χ3v) is 1.91. The molecule has 0 aromatic rings. The van der Waals surface area contributed by atoms with Crippen LogP contribution in [0.5, 0.6) is 0 Å². The van der Waals surface area contributed by atoms with Gasteiger partial charge in [-0.1, -0.05) is 0 Å². The lowest BCUT2D eigenvalue weighted by atomic mass is 9.99. The van der Waals surface area contributed by atoms with E-state index >= 15 is 0 Å². The molecule has 0 aromatic heterocycles. The number of ketones is 1. The monoisotopic (exact) mass is 172 g/mol. The van der Waals surface area contributed by atoms with E-state index in [9.17, 15) is 9.59 Å². The molecule has 0 amide bonds. The zero-order chi connectivity index (χ0) is 8.97. The standard InChI is InChI=1S/C8H12O4/c9-4-1-2-7(10)6-3-5-12-8(6)11/h6,9H,1-5H2. The summed E-state index contributed by atoms with van der Waals surface area (Å²) in [5.74, 6) is -1.07. The first-order valence-corrected chi connectivity index (χ1v) is 4.06. The number of carbonyl (C=O) groups excluding carboxylic acids is 2.